The van der Waals surface area contributed by atoms with Gasteiger partial charge in [0.05, 0.1) is 30.2 Å². The van der Waals surface area contributed by atoms with Gasteiger partial charge in [0.15, 0.2) is 0 Å². The molecule has 2 rings (SSSR count). The predicted octanol–water partition coefficient (Wildman–Crippen LogP) is 5.79. The van der Waals surface area contributed by atoms with E-state index in [2.05, 4.69) is 22.1 Å². The monoisotopic (exact) mass is 453 g/mol. The van der Waals surface area contributed by atoms with Crippen molar-refractivity contribution in [2.45, 2.75) is 13.8 Å². The SMILES string of the molecule is C=C/C(C)=C(\C=C(/C)OC)N=Nc1ccc(C(=O)NC2=CC(C(=O)O)C=C(Cl)C=C2)cc1. The summed E-state index contributed by atoms with van der Waals surface area (Å²) < 4.78 is 5.16. The number of carbonyl (C=O) groups excluding carboxylic acids is 1. The molecule has 32 heavy (non-hydrogen) atoms. The molecule has 0 saturated heterocycles. The zero-order valence-corrected chi connectivity index (χ0v) is 18.8. The summed E-state index contributed by atoms with van der Waals surface area (Å²) in [4.78, 5) is 23.9. The first kappa shape index (κ1) is 24.6. The molecule has 1 amide bonds. The van der Waals surface area contributed by atoms with Crippen molar-refractivity contribution >= 4 is 29.2 Å². The quantitative estimate of drug-likeness (QED) is 0.295. The van der Waals surface area contributed by atoms with Crippen molar-refractivity contribution in [1.29, 1.82) is 0 Å². The van der Waals surface area contributed by atoms with Crippen molar-refractivity contribution in [2.24, 2.45) is 16.1 Å². The highest BCUT2D eigenvalue weighted by molar-refractivity contribution is 6.31. The fourth-order valence-electron chi connectivity index (χ4n) is 2.49. The highest BCUT2D eigenvalue weighted by Crippen LogP contribution is 2.20. The Morgan fingerprint density at radius 3 is 2.47 bits per heavy atom. The van der Waals surface area contributed by atoms with E-state index in [0.717, 1.165) is 5.57 Å². The molecule has 0 saturated carbocycles. The second kappa shape index (κ2) is 11.6. The number of methoxy groups -OCH3 is 1. The number of nitrogens with one attached hydrogen (secondary N) is 1. The van der Waals surface area contributed by atoms with Crippen LogP contribution in [0, 0.1) is 5.92 Å². The van der Waals surface area contributed by atoms with Crippen LogP contribution in [-0.2, 0) is 9.53 Å². The van der Waals surface area contributed by atoms with Gasteiger partial charge in [-0.25, -0.2) is 0 Å². The fraction of sp³-hybridized carbons (Fsp3) is 0.167. The Kier molecular flexibility index (Phi) is 8.92. The van der Waals surface area contributed by atoms with Crippen molar-refractivity contribution in [3.8, 4) is 0 Å². The van der Waals surface area contributed by atoms with E-state index in [-0.39, 0.29) is 5.03 Å². The van der Waals surface area contributed by atoms with Crippen LogP contribution in [0.5, 0.6) is 0 Å². The Labute approximate surface area is 191 Å². The molecule has 8 heteroatoms. The van der Waals surface area contributed by atoms with Crippen LogP contribution in [0.1, 0.15) is 24.2 Å². The lowest BCUT2D eigenvalue weighted by Crippen LogP contribution is -2.23. The first-order valence-electron chi connectivity index (χ1n) is 9.62. The third-order valence-electron chi connectivity index (χ3n) is 4.44. The zero-order chi connectivity index (χ0) is 23.7. The van der Waals surface area contributed by atoms with Crippen LogP contribution in [-0.4, -0.2) is 24.1 Å². The minimum Gasteiger partial charge on any atom is -0.501 e. The first-order chi connectivity index (χ1) is 15.2. The van der Waals surface area contributed by atoms with Crippen LogP contribution in [0.4, 0.5) is 5.69 Å². The Balaban J connectivity index is 2.16. The highest BCUT2D eigenvalue weighted by Gasteiger charge is 2.16. The molecule has 166 valence electrons. The van der Waals surface area contributed by atoms with Crippen LogP contribution in [0.2, 0.25) is 0 Å². The molecule has 1 atom stereocenters. The zero-order valence-electron chi connectivity index (χ0n) is 18.0. The second-order valence-corrected chi connectivity index (χ2v) is 7.24. The van der Waals surface area contributed by atoms with Crippen molar-refractivity contribution in [1.82, 2.24) is 5.32 Å². The molecule has 0 aromatic heterocycles. The molecular weight excluding hydrogens is 430 g/mol. The molecule has 1 aliphatic carbocycles. The maximum Gasteiger partial charge on any atom is 0.314 e. The van der Waals surface area contributed by atoms with Crippen LogP contribution in [0.3, 0.4) is 0 Å². The predicted molar refractivity (Wildman–Crippen MR) is 124 cm³/mol. The van der Waals surface area contributed by atoms with Crippen molar-refractivity contribution in [2.75, 3.05) is 7.11 Å². The molecule has 0 spiro atoms. The third kappa shape index (κ3) is 7.21. The molecule has 0 aliphatic heterocycles. The molecule has 1 aromatic rings. The number of azo groups is 1. The molecule has 0 radical (unpaired) electrons. The second-order valence-electron chi connectivity index (χ2n) is 6.80. The lowest BCUT2D eigenvalue weighted by atomic mass is 10.1. The molecule has 0 heterocycles. The van der Waals surface area contributed by atoms with Gasteiger partial charge in [0.2, 0.25) is 0 Å². The Morgan fingerprint density at radius 2 is 1.88 bits per heavy atom. The molecule has 0 bridgehead atoms. The van der Waals surface area contributed by atoms with Crippen molar-refractivity contribution < 1.29 is 19.4 Å². The van der Waals surface area contributed by atoms with Gasteiger partial charge in [-0.1, -0.05) is 24.3 Å². The summed E-state index contributed by atoms with van der Waals surface area (Å²) >= 11 is 5.94. The largest absolute Gasteiger partial charge is 0.501 e. The highest BCUT2D eigenvalue weighted by atomic mass is 35.5. The number of hydrogen-bond acceptors (Lipinski definition) is 5. The molecule has 1 unspecified atom stereocenters. The van der Waals surface area contributed by atoms with Crippen LogP contribution in [0.25, 0.3) is 0 Å². The van der Waals surface area contributed by atoms with E-state index in [1.807, 2.05) is 6.92 Å². The molecule has 2 N–H and O–H groups in total. The van der Waals surface area contributed by atoms with Crippen molar-refractivity contribution in [3.05, 3.63) is 101 Å². The average molecular weight is 454 g/mol. The summed E-state index contributed by atoms with van der Waals surface area (Å²) in [5.41, 5.74) is 2.71. The normalized spacial score (nSPS) is 17.1. The number of allylic oxidation sites excluding steroid dienone is 7. The summed E-state index contributed by atoms with van der Waals surface area (Å²) in [6, 6.07) is 6.51. The number of rotatable bonds is 8. The molecule has 0 fully saturated rings. The van der Waals surface area contributed by atoms with Gasteiger partial charge in [-0.15, -0.1) is 0 Å². The summed E-state index contributed by atoms with van der Waals surface area (Å²) in [6.07, 6.45) is 9.31. The maximum atomic E-state index is 12.6. The van der Waals surface area contributed by atoms with Gasteiger partial charge in [0, 0.05) is 22.4 Å². The molecule has 1 aromatic carbocycles. The van der Waals surface area contributed by atoms with Gasteiger partial charge in [-0.2, -0.15) is 10.2 Å². The topological polar surface area (TPSA) is 100 Å². The minimum absolute atomic E-state index is 0.281. The number of halogens is 1. The third-order valence-corrected chi connectivity index (χ3v) is 4.69. The van der Waals surface area contributed by atoms with E-state index in [1.165, 1.54) is 18.2 Å². The van der Waals surface area contributed by atoms with Gasteiger partial charge in [-0.3, -0.25) is 9.59 Å². The lowest BCUT2D eigenvalue weighted by molar-refractivity contribution is -0.138. The number of amides is 1. The van der Waals surface area contributed by atoms with E-state index in [4.69, 9.17) is 16.3 Å². The standard InChI is InChI=1S/C24H24ClN3O4/c1-5-15(2)22(12-16(3)32-4)28-27-20-9-6-17(7-10-20)23(29)26-21-11-8-19(25)13-18(14-21)24(30)31/h5-14,18H,1H2,2-4H3,(H,26,29)(H,30,31)/b16-12+,22-15+,28-27?. The number of carbonyl (C=O) groups is 2. The van der Waals surface area contributed by atoms with Gasteiger partial charge in [0.1, 0.15) is 0 Å². The van der Waals surface area contributed by atoms with Crippen LogP contribution >= 0.6 is 11.6 Å². The Bertz CT molecular complexity index is 1080. The van der Waals surface area contributed by atoms with E-state index in [9.17, 15) is 14.7 Å². The van der Waals surface area contributed by atoms with Gasteiger partial charge in [0.25, 0.3) is 5.91 Å². The number of carboxylic acid groups (broad SMARTS) is 1. The number of hydrogen-bond donors (Lipinski definition) is 2. The van der Waals surface area contributed by atoms with E-state index in [1.54, 1.807) is 56.5 Å². The number of nitrogens with zero attached hydrogens (tertiary/aromatic N) is 2. The number of aliphatic carboxylic acids is 1. The smallest absolute Gasteiger partial charge is 0.314 e. The summed E-state index contributed by atoms with van der Waals surface area (Å²) in [5, 5.41) is 20.7. The summed E-state index contributed by atoms with van der Waals surface area (Å²) in [5.74, 6) is -1.72. The average Bonchev–Trinajstić information content (AvgIpc) is 2.97. The minimum atomic E-state index is -1.07. The van der Waals surface area contributed by atoms with E-state index >= 15 is 0 Å². The maximum absolute atomic E-state index is 12.6. The van der Waals surface area contributed by atoms with Gasteiger partial charge >= 0.3 is 5.97 Å². The van der Waals surface area contributed by atoms with E-state index < -0.39 is 17.8 Å². The fourth-order valence-corrected chi connectivity index (χ4v) is 2.69. The van der Waals surface area contributed by atoms with Crippen LogP contribution < -0.4 is 5.32 Å². The van der Waals surface area contributed by atoms with Gasteiger partial charge < -0.3 is 15.2 Å². The van der Waals surface area contributed by atoms with E-state index in [0.29, 0.717) is 28.4 Å². The summed E-state index contributed by atoms with van der Waals surface area (Å²) in [7, 11) is 1.57. The molecular formula is C24H24ClN3O4. The van der Waals surface area contributed by atoms with Crippen LogP contribution in [0.15, 0.2) is 105 Å². The van der Waals surface area contributed by atoms with Gasteiger partial charge in [-0.05, 0) is 68.0 Å². The number of benzene rings is 1. The number of ether oxygens (including phenoxy) is 1. The van der Waals surface area contributed by atoms with Crippen molar-refractivity contribution in [3.63, 3.8) is 0 Å². The molecule has 1 aliphatic rings. The number of carboxylic acids is 1. The first-order valence-corrected chi connectivity index (χ1v) is 10.00. The molecule has 7 nitrogen and oxygen atoms in total. The summed E-state index contributed by atoms with van der Waals surface area (Å²) in [6.45, 7) is 7.42. The Morgan fingerprint density at radius 1 is 1.19 bits per heavy atom. The Hall–Kier alpha value is -3.71. The lowest BCUT2D eigenvalue weighted by Gasteiger charge is -2.08.